The fraction of sp³-hybridized carbons (Fsp3) is 0.320. The Bertz CT molecular complexity index is 1350. The van der Waals surface area contributed by atoms with Gasteiger partial charge in [0.2, 0.25) is 0 Å². The number of fused-ring (bicyclic) bond motifs is 2. The average molecular weight is 525 g/mol. The summed E-state index contributed by atoms with van der Waals surface area (Å²) in [7, 11) is 1.70. The normalized spacial score (nSPS) is 14.6. The summed E-state index contributed by atoms with van der Waals surface area (Å²) in [5, 5.41) is 1.83. The monoisotopic (exact) mass is 524 g/mol. The molecule has 2 aromatic carbocycles. The highest BCUT2D eigenvalue weighted by Crippen LogP contribution is 2.37. The molecule has 5 rings (SSSR count). The van der Waals surface area contributed by atoms with Crippen LogP contribution in [0.1, 0.15) is 33.8 Å². The van der Waals surface area contributed by atoms with Gasteiger partial charge < -0.3 is 15.4 Å². The fourth-order valence-electron chi connectivity index (χ4n) is 4.23. The molecular weight excluding hydrogens is 500 g/mol. The Hall–Kier alpha value is -2.55. The van der Waals surface area contributed by atoms with Gasteiger partial charge in [0.05, 0.1) is 34.9 Å². The maximum Gasteiger partial charge on any atom is 0.254 e. The molecule has 1 saturated carbocycles. The van der Waals surface area contributed by atoms with Crippen LogP contribution in [0.4, 0.5) is 5.82 Å². The molecule has 0 spiro atoms. The standard InChI is InChI=1S/C25H25BrN4O2S/c1-14-9-17-10-16(5-7-19(17)29-24(14)27)25(31)30(21(13-32-2)15-3-4-15)12-23-28-20-11-18(26)6-8-22(20)33-23/h5-11,15,21H,3-4,12-13H2,1-2H3,(H2,27,29). The summed E-state index contributed by atoms with van der Waals surface area (Å²) < 4.78 is 7.65. The second-order valence-corrected chi connectivity index (χ2v) is 10.6. The second kappa shape index (κ2) is 9.00. The third-order valence-electron chi connectivity index (χ3n) is 6.16. The quantitative estimate of drug-likeness (QED) is 0.342. The molecule has 0 bridgehead atoms. The number of nitrogens with zero attached hydrogens (tertiary/aromatic N) is 3. The Morgan fingerprint density at radius 3 is 2.79 bits per heavy atom. The molecule has 4 aromatic rings. The van der Waals surface area contributed by atoms with E-state index >= 15 is 0 Å². The van der Waals surface area contributed by atoms with Crippen molar-refractivity contribution < 1.29 is 9.53 Å². The van der Waals surface area contributed by atoms with E-state index in [-0.39, 0.29) is 11.9 Å². The lowest BCUT2D eigenvalue weighted by Gasteiger charge is -2.31. The van der Waals surface area contributed by atoms with Crippen LogP contribution in [0.2, 0.25) is 0 Å². The van der Waals surface area contributed by atoms with Crippen molar-refractivity contribution in [3.8, 4) is 0 Å². The number of benzene rings is 2. The lowest BCUT2D eigenvalue weighted by atomic mass is 10.1. The van der Waals surface area contributed by atoms with Gasteiger partial charge in [0.1, 0.15) is 10.8 Å². The Kier molecular flexibility index (Phi) is 6.07. The molecule has 1 aliphatic carbocycles. The number of nitrogens with two attached hydrogens (primary N) is 1. The minimum absolute atomic E-state index is 0.0132. The number of halogens is 1. The lowest BCUT2D eigenvalue weighted by molar-refractivity contribution is 0.0458. The van der Waals surface area contributed by atoms with Crippen LogP contribution in [0.15, 0.2) is 46.9 Å². The molecule has 1 aliphatic rings. The lowest BCUT2D eigenvalue weighted by Crippen LogP contribution is -2.43. The van der Waals surface area contributed by atoms with Gasteiger partial charge in [-0.15, -0.1) is 11.3 Å². The Morgan fingerprint density at radius 2 is 2.03 bits per heavy atom. The SMILES string of the molecule is COCC(C1CC1)N(Cc1nc2cc(Br)ccc2s1)C(=O)c1ccc2nc(N)c(C)cc2c1. The van der Waals surface area contributed by atoms with Gasteiger partial charge in [-0.2, -0.15) is 0 Å². The van der Waals surface area contributed by atoms with Crippen molar-refractivity contribution in [2.75, 3.05) is 19.5 Å². The molecular formula is C25H25BrN4O2S. The van der Waals surface area contributed by atoms with Crippen LogP contribution in [0.3, 0.4) is 0 Å². The van der Waals surface area contributed by atoms with E-state index in [0.29, 0.717) is 30.5 Å². The van der Waals surface area contributed by atoms with Gasteiger partial charge in [-0.3, -0.25) is 4.79 Å². The summed E-state index contributed by atoms with van der Waals surface area (Å²) in [6, 6.07) is 13.7. The maximum absolute atomic E-state index is 13.9. The van der Waals surface area contributed by atoms with Crippen molar-refractivity contribution in [3.05, 3.63) is 63.1 Å². The molecule has 0 saturated heterocycles. The Morgan fingerprint density at radius 1 is 1.21 bits per heavy atom. The average Bonchev–Trinajstić information content (AvgIpc) is 3.56. The first-order valence-corrected chi connectivity index (χ1v) is 12.6. The zero-order valence-electron chi connectivity index (χ0n) is 18.5. The largest absolute Gasteiger partial charge is 0.383 e. The number of carbonyl (C=O) groups is 1. The first kappa shape index (κ1) is 22.3. The zero-order chi connectivity index (χ0) is 23.1. The molecule has 0 radical (unpaired) electrons. The number of nitrogen functional groups attached to an aromatic ring is 1. The summed E-state index contributed by atoms with van der Waals surface area (Å²) in [6.07, 6.45) is 2.23. The number of ether oxygens (including phenoxy) is 1. The van der Waals surface area contributed by atoms with E-state index in [0.717, 1.165) is 49.0 Å². The summed E-state index contributed by atoms with van der Waals surface area (Å²) in [4.78, 5) is 25.1. The Balaban J connectivity index is 1.52. The number of hydrogen-bond donors (Lipinski definition) is 1. The number of methoxy groups -OCH3 is 1. The molecule has 1 atom stereocenters. The highest BCUT2D eigenvalue weighted by atomic mass is 79.9. The smallest absolute Gasteiger partial charge is 0.254 e. The van der Waals surface area contributed by atoms with E-state index in [9.17, 15) is 4.79 Å². The topological polar surface area (TPSA) is 81.3 Å². The number of aromatic nitrogens is 2. The van der Waals surface area contributed by atoms with E-state index in [4.69, 9.17) is 15.5 Å². The first-order chi connectivity index (χ1) is 15.9. The molecule has 1 fully saturated rings. The van der Waals surface area contributed by atoms with Crippen LogP contribution in [-0.2, 0) is 11.3 Å². The van der Waals surface area contributed by atoms with E-state index in [1.165, 1.54) is 0 Å². The van der Waals surface area contributed by atoms with Crippen LogP contribution < -0.4 is 5.73 Å². The number of thiazole rings is 1. The van der Waals surface area contributed by atoms with Crippen molar-refractivity contribution >= 4 is 60.1 Å². The third-order valence-corrected chi connectivity index (χ3v) is 7.67. The van der Waals surface area contributed by atoms with Crippen LogP contribution in [0, 0.1) is 12.8 Å². The van der Waals surface area contributed by atoms with E-state index in [1.807, 2.05) is 48.2 Å². The number of carbonyl (C=O) groups excluding carboxylic acids is 1. The predicted octanol–water partition coefficient (Wildman–Crippen LogP) is 5.57. The van der Waals surface area contributed by atoms with Crippen LogP contribution in [0.5, 0.6) is 0 Å². The first-order valence-electron chi connectivity index (χ1n) is 10.9. The van der Waals surface area contributed by atoms with Crippen LogP contribution >= 0.6 is 27.3 Å². The van der Waals surface area contributed by atoms with Gasteiger partial charge in [-0.25, -0.2) is 9.97 Å². The van der Waals surface area contributed by atoms with Gasteiger partial charge in [0.15, 0.2) is 0 Å². The van der Waals surface area contributed by atoms with E-state index in [2.05, 4.69) is 27.0 Å². The molecule has 33 heavy (non-hydrogen) atoms. The molecule has 0 aliphatic heterocycles. The van der Waals surface area contributed by atoms with Gasteiger partial charge in [0.25, 0.3) is 5.91 Å². The minimum atomic E-state index is -0.0132. The van der Waals surface area contributed by atoms with Crippen LogP contribution in [0.25, 0.3) is 21.1 Å². The molecule has 2 heterocycles. The van der Waals surface area contributed by atoms with Gasteiger partial charge in [-0.1, -0.05) is 15.9 Å². The fourth-order valence-corrected chi connectivity index (χ4v) is 5.53. The number of anilines is 1. The van der Waals surface area contributed by atoms with E-state index < -0.39 is 0 Å². The van der Waals surface area contributed by atoms with Crippen molar-refractivity contribution in [3.63, 3.8) is 0 Å². The van der Waals surface area contributed by atoms with E-state index in [1.54, 1.807) is 18.4 Å². The number of rotatable bonds is 7. The van der Waals surface area contributed by atoms with Crippen molar-refractivity contribution in [1.82, 2.24) is 14.9 Å². The molecule has 2 N–H and O–H groups in total. The van der Waals surface area contributed by atoms with Crippen molar-refractivity contribution in [2.24, 2.45) is 5.92 Å². The number of amides is 1. The highest BCUT2D eigenvalue weighted by Gasteiger charge is 2.38. The highest BCUT2D eigenvalue weighted by molar-refractivity contribution is 9.10. The zero-order valence-corrected chi connectivity index (χ0v) is 20.9. The summed E-state index contributed by atoms with van der Waals surface area (Å²) in [5.41, 5.74) is 9.23. The number of pyridine rings is 1. The molecule has 1 amide bonds. The molecule has 2 aromatic heterocycles. The minimum Gasteiger partial charge on any atom is -0.383 e. The van der Waals surface area contributed by atoms with Gasteiger partial charge in [-0.05, 0) is 73.7 Å². The Labute approximate surface area is 204 Å². The van der Waals surface area contributed by atoms with Crippen molar-refractivity contribution in [2.45, 2.75) is 32.4 Å². The summed E-state index contributed by atoms with van der Waals surface area (Å²) in [5.74, 6) is 0.960. The maximum atomic E-state index is 13.9. The number of hydrogen-bond acceptors (Lipinski definition) is 6. The molecule has 170 valence electrons. The molecule has 1 unspecified atom stereocenters. The predicted molar refractivity (Wildman–Crippen MR) is 136 cm³/mol. The van der Waals surface area contributed by atoms with Gasteiger partial charge >= 0.3 is 0 Å². The summed E-state index contributed by atoms with van der Waals surface area (Å²) in [6.45, 7) is 2.89. The van der Waals surface area contributed by atoms with Crippen molar-refractivity contribution in [1.29, 1.82) is 0 Å². The second-order valence-electron chi connectivity index (χ2n) is 8.61. The third kappa shape index (κ3) is 4.60. The summed E-state index contributed by atoms with van der Waals surface area (Å²) >= 11 is 5.15. The number of aryl methyl sites for hydroxylation is 1. The molecule has 6 nitrogen and oxygen atoms in total. The molecule has 8 heteroatoms. The van der Waals surface area contributed by atoms with Gasteiger partial charge in [0, 0.05) is 22.5 Å². The van der Waals surface area contributed by atoms with Crippen LogP contribution in [-0.4, -0.2) is 40.5 Å².